The molecule has 0 bridgehead atoms. The first-order valence-electron chi connectivity index (χ1n) is 7.60. The van der Waals surface area contributed by atoms with Gasteiger partial charge < -0.3 is 9.64 Å². The maximum atomic E-state index is 12.6. The standard InChI is InChI=1S/C17H24BrNO2/c1-6-12-7-8-19(17(20)10(2)3)16-14(12)13(21-5)9-11(4)15(16)18/h9-10,12H,6-8H2,1-5H3/t12-/m1/s1. The fourth-order valence-electron chi connectivity index (χ4n) is 3.07. The second kappa shape index (κ2) is 6.39. The highest BCUT2D eigenvalue weighted by atomic mass is 79.9. The van der Waals surface area contributed by atoms with Crippen molar-refractivity contribution in [3.05, 3.63) is 21.7 Å². The molecule has 1 aliphatic rings. The highest BCUT2D eigenvalue weighted by molar-refractivity contribution is 9.10. The van der Waals surface area contributed by atoms with Crippen LogP contribution in [-0.2, 0) is 4.79 Å². The van der Waals surface area contributed by atoms with Gasteiger partial charge in [0.2, 0.25) is 5.91 Å². The molecule has 0 aromatic heterocycles. The molecule has 21 heavy (non-hydrogen) atoms. The van der Waals surface area contributed by atoms with Crippen LogP contribution in [0.5, 0.6) is 5.75 Å². The summed E-state index contributed by atoms with van der Waals surface area (Å²) < 4.78 is 6.63. The number of benzene rings is 1. The van der Waals surface area contributed by atoms with Crippen molar-refractivity contribution in [2.45, 2.75) is 46.5 Å². The zero-order valence-corrected chi connectivity index (χ0v) is 15.1. The van der Waals surface area contributed by atoms with Crippen LogP contribution in [0.2, 0.25) is 0 Å². The second-order valence-corrected chi connectivity index (χ2v) is 6.80. The Morgan fingerprint density at radius 2 is 2.19 bits per heavy atom. The average Bonchev–Trinajstić information content (AvgIpc) is 2.48. The molecule has 0 unspecified atom stereocenters. The number of fused-ring (bicyclic) bond motifs is 1. The number of aryl methyl sites for hydroxylation is 1. The predicted octanol–water partition coefficient (Wildman–Crippen LogP) is 4.65. The molecule has 1 aromatic rings. The van der Waals surface area contributed by atoms with Gasteiger partial charge in [-0.1, -0.05) is 20.8 Å². The van der Waals surface area contributed by atoms with Crippen molar-refractivity contribution in [2.75, 3.05) is 18.6 Å². The number of amides is 1. The quantitative estimate of drug-likeness (QED) is 0.791. The zero-order valence-electron chi connectivity index (χ0n) is 13.5. The predicted molar refractivity (Wildman–Crippen MR) is 90.3 cm³/mol. The summed E-state index contributed by atoms with van der Waals surface area (Å²) in [5.74, 6) is 1.52. The molecule has 2 rings (SSSR count). The summed E-state index contributed by atoms with van der Waals surface area (Å²) >= 11 is 3.69. The van der Waals surface area contributed by atoms with Crippen LogP contribution in [0.15, 0.2) is 10.5 Å². The number of rotatable bonds is 3. The van der Waals surface area contributed by atoms with E-state index in [0.717, 1.165) is 40.9 Å². The Kier molecular flexibility index (Phi) is 4.97. The van der Waals surface area contributed by atoms with Crippen molar-refractivity contribution in [1.29, 1.82) is 0 Å². The molecule has 0 saturated heterocycles. The highest BCUT2D eigenvalue weighted by Gasteiger charge is 2.33. The molecule has 0 N–H and O–H groups in total. The first-order valence-corrected chi connectivity index (χ1v) is 8.39. The lowest BCUT2D eigenvalue weighted by Gasteiger charge is -2.37. The Morgan fingerprint density at radius 1 is 1.52 bits per heavy atom. The Morgan fingerprint density at radius 3 is 2.71 bits per heavy atom. The Balaban J connectivity index is 2.67. The Hall–Kier alpha value is -1.03. The van der Waals surface area contributed by atoms with Crippen molar-refractivity contribution in [3.8, 4) is 5.75 Å². The molecule has 1 atom stereocenters. The van der Waals surface area contributed by atoms with Gasteiger partial charge in [0, 0.05) is 22.5 Å². The minimum Gasteiger partial charge on any atom is -0.496 e. The van der Waals surface area contributed by atoms with Crippen LogP contribution in [0.3, 0.4) is 0 Å². The summed E-state index contributed by atoms with van der Waals surface area (Å²) in [7, 11) is 1.71. The Labute approximate surface area is 135 Å². The molecular formula is C17H24BrNO2. The molecule has 0 radical (unpaired) electrons. The molecular weight excluding hydrogens is 330 g/mol. The maximum absolute atomic E-state index is 12.6. The van der Waals surface area contributed by atoms with E-state index in [9.17, 15) is 4.79 Å². The Bertz CT molecular complexity index is 554. The first-order chi connectivity index (χ1) is 9.92. The van der Waals surface area contributed by atoms with Gasteiger partial charge >= 0.3 is 0 Å². The summed E-state index contributed by atoms with van der Waals surface area (Å²) in [6.07, 6.45) is 2.05. The van der Waals surface area contributed by atoms with E-state index in [0.29, 0.717) is 5.92 Å². The van der Waals surface area contributed by atoms with E-state index in [2.05, 4.69) is 28.9 Å². The number of ether oxygens (including phenoxy) is 1. The summed E-state index contributed by atoms with van der Waals surface area (Å²) in [5, 5.41) is 0. The molecule has 0 fully saturated rings. The number of carbonyl (C=O) groups excluding carboxylic acids is 1. The van der Waals surface area contributed by atoms with Crippen molar-refractivity contribution in [2.24, 2.45) is 5.92 Å². The molecule has 1 heterocycles. The van der Waals surface area contributed by atoms with Gasteiger partial charge in [-0.3, -0.25) is 4.79 Å². The second-order valence-electron chi connectivity index (χ2n) is 6.01. The lowest BCUT2D eigenvalue weighted by Crippen LogP contribution is -2.39. The zero-order chi connectivity index (χ0) is 15.7. The van der Waals surface area contributed by atoms with Crippen LogP contribution in [0.4, 0.5) is 5.69 Å². The van der Waals surface area contributed by atoms with Crippen molar-refractivity contribution in [3.63, 3.8) is 0 Å². The molecule has 1 aromatic carbocycles. The summed E-state index contributed by atoms with van der Waals surface area (Å²) in [5.41, 5.74) is 3.30. The van der Waals surface area contributed by atoms with Gasteiger partial charge in [-0.05, 0) is 53.2 Å². The van der Waals surface area contributed by atoms with Gasteiger partial charge in [-0.15, -0.1) is 0 Å². The van der Waals surface area contributed by atoms with Crippen LogP contribution in [0.1, 0.15) is 50.7 Å². The van der Waals surface area contributed by atoms with Crippen LogP contribution >= 0.6 is 15.9 Å². The highest BCUT2D eigenvalue weighted by Crippen LogP contribution is 2.48. The van der Waals surface area contributed by atoms with E-state index in [1.807, 2.05) is 25.7 Å². The third-order valence-electron chi connectivity index (χ3n) is 4.27. The maximum Gasteiger partial charge on any atom is 0.229 e. The first kappa shape index (κ1) is 16.3. The van der Waals surface area contributed by atoms with Gasteiger partial charge in [0.25, 0.3) is 0 Å². The van der Waals surface area contributed by atoms with E-state index in [1.165, 1.54) is 5.56 Å². The number of anilines is 1. The van der Waals surface area contributed by atoms with Gasteiger partial charge in [0.05, 0.1) is 12.8 Å². The van der Waals surface area contributed by atoms with Gasteiger partial charge in [0.1, 0.15) is 5.75 Å². The number of hydrogen-bond acceptors (Lipinski definition) is 2. The smallest absolute Gasteiger partial charge is 0.229 e. The largest absolute Gasteiger partial charge is 0.496 e. The SMILES string of the molecule is CC[C@@H]1CCN(C(=O)C(C)C)c2c(Br)c(C)cc(OC)c21. The third kappa shape index (κ3) is 2.83. The number of halogens is 1. The fraction of sp³-hybridized carbons (Fsp3) is 0.588. The summed E-state index contributed by atoms with van der Waals surface area (Å²) in [4.78, 5) is 14.5. The molecule has 0 spiro atoms. The van der Waals surface area contributed by atoms with Crippen molar-refractivity contribution < 1.29 is 9.53 Å². The van der Waals surface area contributed by atoms with E-state index in [-0.39, 0.29) is 11.8 Å². The average molecular weight is 354 g/mol. The number of carbonyl (C=O) groups is 1. The third-order valence-corrected chi connectivity index (χ3v) is 5.28. The monoisotopic (exact) mass is 353 g/mol. The van der Waals surface area contributed by atoms with E-state index in [4.69, 9.17) is 4.74 Å². The molecule has 1 amide bonds. The lowest BCUT2D eigenvalue weighted by atomic mass is 9.86. The number of methoxy groups -OCH3 is 1. The number of nitrogens with zero attached hydrogens (tertiary/aromatic N) is 1. The van der Waals surface area contributed by atoms with Crippen LogP contribution in [-0.4, -0.2) is 19.6 Å². The lowest BCUT2D eigenvalue weighted by molar-refractivity contribution is -0.121. The van der Waals surface area contributed by atoms with Gasteiger partial charge in [-0.25, -0.2) is 0 Å². The van der Waals surface area contributed by atoms with Crippen LogP contribution in [0.25, 0.3) is 0 Å². The minimum absolute atomic E-state index is 0.00515. The van der Waals surface area contributed by atoms with Crippen LogP contribution < -0.4 is 9.64 Å². The molecule has 4 heteroatoms. The molecule has 3 nitrogen and oxygen atoms in total. The number of hydrogen-bond donors (Lipinski definition) is 0. The fourth-order valence-corrected chi connectivity index (χ4v) is 3.61. The molecule has 0 aliphatic carbocycles. The normalized spacial score (nSPS) is 17.9. The molecule has 0 saturated carbocycles. The van der Waals surface area contributed by atoms with E-state index in [1.54, 1.807) is 7.11 Å². The van der Waals surface area contributed by atoms with Crippen molar-refractivity contribution in [1.82, 2.24) is 0 Å². The molecule has 116 valence electrons. The van der Waals surface area contributed by atoms with Gasteiger partial charge in [-0.2, -0.15) is 0 Å². The molecule has 1 aliphatic heterocycles. The van der Waals surface area contributed by atoms with E-state index < -0.39 is 0 Å². The van der Waals surface area contributed by atoms with Crippen LogP contribution in [0, 0.1) is 12.8 Å². The van der Waals surface area contributed by atoms with Crippen molar-refractivity contribution >= 4 is 27.5 Å². The minimum atomic E-state index is -0.00515. The summed E-state index contributed by atoms with van der Waals surface area (Å²) in [6.45, 7) is 8.93. The van der Waals surface area contributed by atoms with Gasteiger partial charge in [0.15, 0.2) is 0 Å². The van der Waals surface area contributed by atoms with E-state index >= 15 is 0 Å². The summed E-state index contributed by atoms with van der Waals surface area (Å²) in [6, 6.07) is 2.06. The topological polar surface area (TPSA) is 29.5 Å².